The fraction of sp³-hybridized carbons (Fsp3) is 0.750. The van der Waals surface area contributed by atoms with Gasteiger partial charge in [0.2, 0.25) is 5.13 Å². The Morgan fingerprint density at radius 2 is 2.15 bits per heavy atom. The molecule has 0 spiro atoms. The van der Waals surface area contributed by atoms with Crippen LogP contribution in [-0.2, 0) is 9.53 Å². The van der Waals surface area contributed by atoms with Crippen LogP contribution in [0.2, 0.25) is 0 Å². The summed E-state index contributed by atoms with van der Waals surface area (Å²) in [6.45, 7) is 6.22. The van der Waals surface area contributed by atoms with Crippen LogP contribution in [0.1, 0.15) is 20.8 Å². The zero-order valence-corrected chi connectivity index (χ0v) is 14.2. The van der Waals surface area contributed by atoms with Crippen molar-refractivity contribution in [3.8, 4) is 0 Å². The summed E-state index contributed by atoms with van der Waals surface area (Å²) in [7, 11) is 3.85. The summed E-state index contributed by atoms with van der Waals surface area (Å²) in [4.78, 5) is 13.8. The number of nitrogens with zero attached hydrogens (tertiary/aromatic N) is 3. The number of rotatable bonds is 8. The highest BCUT2D eigenvalue weighted by Gasteiger charge is 2.21. The van der Waals surface area contributed by atoms with Crippen molar-refractivity contribution in [1.29, 1.82) is 0 Å². The minimum absolute atomic E-state index is 0.217. The molecular formula is C12H22N4O2S2. The van der Waals surface area contributed by atoms with Gasteiger partial charge in [-0.05, 0) is 6.92 Å². The molecule has 1 unspecified atom stereocenters. The topological polar surface area (TPSA) is 67.3 Å². The van der Waals surface area contributed by atoms with Gasteiger partial charge in [0, 0.05) is 25.9 Å². The number of hydrogen-bond donors (Lipinski definition) is 1. The molecule has 8 heteroatoms. The standard InChI is InChI=1S/C12H22N4O2S2/c1-6-18-10(17)9(13-8(2)3)7-19-12-15-14-11(20-12)16(4)5/h8-9,13H,6-7H2,1-5H3. The van der Waals surface area contributed by atoms with Crippen LogP contribution in [0.15, 0.2) is 4.34 Å². The summed E-state index contributed by atoms with van der Waals surface area (Å²) in [5.41, 5.74) is 0. The summed E-state index contributed by atoms with van der Waals surface area (Å²) >= 11 is 3.03. The number of anilines is 1. The van der Waals surface area contributed by atoms with Gasteiger partial charge in [0.1, 0.15) is 6.04 Å². The molecule has 0 fully saturated rings. The fourth-order valence-corrected chi connectivity index (χ4v) is 3.23. The summed E-state index contributed by atoms with van der Waals surface area (Å²) in [6.07, 6.45) is 0. The number of nitrogens with one attached hydrogen (secondary N) is 1. The highest BCUT2D eigenvalue weighted by molar-refractivity contribution is 8.01. The van der Waals surface area contributed by atoms with Crippen molar-refractivity contribution in [3.63, 3.8) is 0 Å². The molecule has 114 valence electrons. The molecule has 1 atom stereocenters. The van der Waals surface area contributed by atoms with Crippen LogP contribution in [0.25, 0.3) is 0 Å². The number of esters is 1. The molecule has 0 amide bonds. The highest BCUT2D eigenvalue weighted by Crippen LogP contribution is 2.27. The Kier molecular flexibility index (Phi) is 7.25. The van der Waals surface area contributed by atoms with E-state index in [1.54, 1.807) is 0 Å². The summed E-state index contributed by atoms with van der Waals surface area (Å²) in [6, 6.07) is -0.108. The fourth-order valence-electron chi connectivity index (χ4n) is 1.43. The summed E-state index contributed by atoms with van der Waals surface area (Å²) in [5, 5.41) is 12.2. The lowest BCUT2D eigenvalue weighted by Crippen LogP contribution is -2.43. The van der Waals surface area contributed by atoms with E-state index in [0.717, 1.165) is 9.47 Å². The van der Waals surface area contributed by atoms with Crippen LogP contribution >= 0.6 is 23.1 Å². The third-order valence-corrected chi connectivity index (χ3v) is 4.58. The van der Waals surface area contributed by atoms with Gasteiger partial charge in [-0.3, -0.25) is 4.79 Å². The highest BCUT2D eigenvalue weighted by atomic mass is 32.2. The minimum atomic E-state index is -0.327. The van der Waals surface area contributed by atoms with Gasteiger partial charge in [-0.1, -0.05) is 36.9 Å². The number of thioether (sulfide) groups is 1. The van der Waals surface area contributed by atoms with Crippen molar-refractivity contribution >= 4 is 34.2 Å². The molecule has 0 saturated carbocycles. The van der Waals surface area contributed by atoms with Crippen LogP contribution in [0, 0.1) is 0 Å². The number of carbonyl (C=O) groups excluding carboxylic acids is 1. The number of ether oxygens (including phenoxy) is 1. The Bertz CT molecular complexity index is 423. The molecule has 6 nitrogen and oxygen atoms in total. The average Bonchev–Trinajstić information content (AvgIpc) is 2.83. The van der Waals surface area contributed by atoms with Gasteiger partial charge in [-0.2, -0.15) is 0 Å². The molecule has 0 aromatic carbocycles. The van der Waals surface area contributed by atoms with E-state index < -0.39 is 0 Å². The van der Waals surface area contributed by atoms with Gasteiger partial charge in [-0.25, -0.2) is 0 Å². The van der Waals surface area contributed by atoms with E-state index in [2.05, 4.69) is 15.5 Å². The molecule has 0 radical (unpaired) electrons. The van der Waals surface area contributed by atoms with E-state index in [1.165, 1.54) is 23.1 Å². The van der Waals surface area contributed by atoms with Crippen LogP contribution in [0.4, 0.5) is 5.13 Å². The zero-order valence-electron chi connectivity index (χ0n) is 12.5. The minimum Gasteiger partial charge on any atom is -0.465 e. The second kappa shape index (κ2) is 8.43. The second-order valence-electron chi connectivity index (χ2n) is 4.68. The number of aromatic nitrogens is 2. The average molecular weight is 318 g/mol. The predicted molar refractivity (Wildman–Crippen MR) is 83.7 cm³/mol. The van der Waals surface area contributed by atoms with Crippen molar-refractivity contribution in [2.45, 2.75) is 37.2 Å². The molecule has 1 rings (SSSR count). The Morgan fingerprint density at radius 1 is 1.45 bits per heavy atom. The van der Waals surface area contributed by atoms with Crippen LogP contribution in [0.5, 0.6) is 0 Å². The molecule has 1 N–H and O–H groups in total. The third kappa shape index (κ3) is 5.64. The Labute approximate surface area is 128 Å². The molecule has 0 aliphatic rings. The first-order chi connectivity index (χ1) is 9.43. The van der Waals surface area contributed by atoms with E-state index in [1.807, 2.05) is 39.8 Å². The van der Waals surface area contributed by atoms with Crippen molar-refractivity contribution in [1.82, 2.24) is 15.5 Å². The molecule has 1 aromatic rings. The van der Waals surface area contributed by atoms with E-state index in [4.69, 9.17) is 4.74 Å². The van der Waals surface area contributed by atoms with E-state index >= 15 is 0 Å². The maximum atomic E-state index is 11.9. The molecule has 20 heavy (non-hydrogen) atoms. The Hall–Kier alpha value is -0.860. The molecule has 0 bridgehead atoms. The molecular weight excluding hydrogens is 296 g/mol. The summed E-state index contributed by atoms with van der Waals surface area (Å²) in [5.74, 6) is 0.366. The first-order valence-electron chi connectivity index (χ1n) is 6.50. The predicted octanol–water partition coefficient (Wildman–Crippen LogP) is 1.63. The lowest BCUT2D eigenvalue weighted by Gasteiger charge is -2.18. The third-order valence-electron chi connectivity index (χ3n) is 2.26. The van der Waals surface area contributed by atoms with Crippen LogP contribution in [-0.4, -0.2) is 54.7 Å². The lowest BCUT2D eigenvalue weighted by atomic mass is 10.3. The largest absolute Gasteiger partial charge is 0.465 e. The van der Waals surface area contributed by atoms with E-state index in [-0.39, 0.29) is 18.1 Å². The maximum Gasteiger partial charge on any atom is 0.324 e. The number of carbonyl (C=O) groups is 1. The van der Waals surface area contributed by atoms with Crippen molar-refractivity contribution < 1.29 is 9.53 Å². The first-order valence-corrected chi connectivity index (χ1v) is 8.30. The van der Waals surface area contributed by atoms with Crippen molar-refractivity contribution in [3.05, 3.63) is 0 Å². The lowest BCUT2D eigenvalue weighted by molar-refractivity contribution is -0.145. The van der Waals surface area contributed by atoms with Gasteiger partial charge in [0.15, 0.2) is 4.34 Å². The molecule has 1 aromatic heterocycles. The van der Waals surface area contributed by atoms with Crippen molar-refractivity contribution in [2.75, 3.05) is 31.4 Å². The monoisotopic (exact) mass is 318 g/mol. The van der Waals surface area contributed by atoms with Crippen LogP contribution in [0.3, 0.4) is 0 Å². The zero-order chi connectivity index (χ0) is 15.1. The van der Waals surface area contributed by atoms with Gasteiger partial charge >= 0.3 is 5.97 Å². The summed E-state index contributed by atoms with van der Waals surface area (Å²) < 4.78 is 5.94. The normalized spacial score (nSPS) is 12.5. The molecule has 0 saturated heterocycles. The number of hydrogen-bond acceptors (Lipinski definition) is 8. The van der Waals surface area contributed by atoms with Gasteiger partial charge in [0.05, 0.1) is 6.61 Å². The molecule has 1 heterocycles. The van der Waals surface area contributed by atoms with Gasteiger partial charge < -0.3 is 15.0 Å². The van der Waals surface area contributed by atoms with Gasteiger partial charge in [0.25, 0.3) is 0 Å². The molecule has 0 aliphatic heterocycles. The smallest absolute Gasteiger partial charge is 0.324 e. The van der Waals surface area contributed by atoms with Gasteiger partial charge in [-0.15, -0.1) is 10.2 Å². The van der Waals surface area contributed by atoms with E-state index in [9.17, 15) is 4.79 Å². The first kappa shape index (κ1) is 17.2. The van der Waals surface area contributed by atoms with Crippen molar-refractivity contribution in [2.24, 2.45) is 0 Å². The van der Waals surface area contributed by atoms with E-state index in [0.29, 0.717) is 12.4 Å². The SMILES string of the molecule is CCOC(=O)C(CSc1nnc(N(C)C)s1)NC(C)C. The van der Waals surface area contributed by atoms with Crippen LogP contribution < -0.4 is 10.2 Å². The Morgan fingerprint density at radius 3 is 2.65 bits per heavy atom. The quantitative estimate of drug-likeness (QED) is 0.577. The molecule has 0 aliphatic carbocycles. The second-order valence-corrected chi connectivity index (χ2v) is 6.91. The maximum absolute atomic E-state index is 11.9. The Balaban J connectivity index is 2.58.